The summed E-state index contributed by atoms with van der Waals surface area (Å²) in [6, 6.07) is 0. The van der Waals surface area contributed by atoms with Crippen LogP contribution in [0, 0.1) is 0 Å². The molecule has 0 spiro atoms. The van der Waals surface area contributed by atoms with Crippen LogP contribution in [0.1, 0.15) is 127 Å². The summed E-state index contributed by atoms with van der Waals surface area (Å²) in [5.41, 5.74) is 0. The second-order valence-corrected chi connectivity index (χ2v) is 9.59. The molecule has 0 unspecified atom stereocenters. The monoisotopic (exact) mass is 537 g/mol. The molecule has 222 valence electrons. The lowest BCUT2D eigenvalue weighted by molar-refractivity contribution is 0.162. The van der Waals surface area contributed by atoms with E-state index in [1.807, 2.05) is 13.8 Å². The molecule has 7 N–H and O–H groups in total. The lowest BCUT2D eigenvalue weighted by Gasteiger charge is -2.02. The minimum absolute atomic E-state index is 0. The Labute approximate surface area is 218 Å². The normalized spacial score (nSPS) is 10.1. The van der Waals surface area contributed by atoms with Gasteiger partial charge in [0.15, 0.2) is 0 Å². The third kappa shape index (κ3) is 138. The minimum Gasteiger partial charge on any atom is -0.394 e. The van der Waals surface area contributed by atoms with E-state index in [1.165, 1.54) is 44.9 Å². The van der Waals surface area contributed by atoms with E-state index in [2.05, 4.69) is 11.1 Å². The molecule has 0 aliphatic heterocycles. The maximum Gasteiger partial charge on any atom is 0.397 e. The predicted molar refractivity (Wildman–Crippen MR) is 149 cm³/mol. The molecular formula is C25H63NO8S. The Morgan fingerprint density at radius 3 is 1.06 bits per heavy atom. The molecule has 0 aliphatic carbocycles. The van der Waals surface area contributed by atoms with Gasteiger partial charge >= 0.3 is 10.4 Å². The van der Waals surface area contributed by atoms with Crippen molar-refractivity contribution in [3.05, 3.63) is 0 Å². The molecule has 0 radical (unpaired) electrons. The van der Waals surface area contributed by atoms with Gasteiger partial charge in [-0.15, -0.1) is 0 Å². The van der Waals surface area contributed by atoms with E-state index in [0.717, 1.165) is 26.1 Å². The fourth-order valence-electron chi connectivity index (χ4n) is 1.96. The fourth-order valence-corrected chi connectivity index (χ4v) is 2.29. The number of rotatable bonds is 14. The average Bonchev–Trinajstić information content (AvgIpc) is 2.65. The van der Waals surface area contributed by atoms with Gasteiger partial charge in [0, 0.05) is 31.5 Å². The van der Waals surface area contributed by atoms with E-state index < -0.39 is 10.4 Å². The SMILES string of the molecule is CC(C)O.CC(C)O.CC(C)O.CCCCCCCCCCCCOS(=O)(=O)O.CCOCC.N. The molecule has 35 heavy (non-hydrogen) atoms. The Bertz CT molecular complexity index is 395. The number of aliphatic hydroxyl groups is 3. The first-order chi connectivity index (χ1) is 15.7. The Morgan fingerprint density at radius 1 is 0.600 bits per heavy atom. The molecule has 0 aromatic rings. The molecule has 0 amide bonds. The zero-order valence-electron chi connectivity index (χ0n) is 24.5. The Hall–Kier alpha value is -0.330. The molecule has 9 nitrogen and oxygen atoms in total. The van der Waals surface area contributed by atoms with Gasteiger partial charge in [-0.2, -0.15) is 8.42 Å². The summed E-state index contributed by atoms with van der Waals surface area (Å²) < 4.78 is 37.8. The highest BCUT2D eigenvalue weighted by atomic mass is 32.3. The molecule has 0 saturated heterocycles. The molecule has 0 aliphatic rings. The number of unbranched alkanes of at least 4 members (excludes halogenated alkanes) is 9. The van der Waals surface area contributed by atoms with Crippen LogP contribution in [0.5, 0.6) is 0 Å². The first kappa shape index (κ1) is 47.8. The van der Waals surface area contributed by atoms with E-state index in [1.54, 1.807) is 41.5 Å². The first-order valence-corrected chi connectivity index (χ1v) is 14.3. The molecule has 0 rings (SSSR count). The van der Waals surface area contributed by atoms with Gasteiger partial charge in [-0.1, -0.05) is 64.7 Å². The molecule has 10 heteroatoms. The van der Waals surface area contributed by atoms with Gasteiger partial charge in [-0.05, 0) is 61.8 Å². The van der Waals surface area contributed by atoms with Crippen LogP contribution >= 0.6 is 0 Å². The van der Waals surface area contributed by atoms with Crippen molar-refractivity contribution in [1.82, 2.24) is 6.15 Å². The van der Waals surface area contributed by atoms with Gasteiger partial charge in [0.2, 0.25) is 0 Å². The summed E-state index contributed by atoms with van der Waals surface area (Å²) in [4.78, 5) is 0. The Kier molecular flexibility index (Phi) is 55.8. The maximum atomic E-state index is 10.2. The van der Waals surface area contributed by atoms with Crippen molar-refractivity contribution in [3.8, 4) is 0 Å². The smallest absolute Gasteiger partial charge is 0.394 e. The predicted octanol–water partition coefficient (Wildman–Crippen LogP) is 6.09. The summed E-state index contributed by atoms with van der Waals surface area (Å²) in [5.74, 6) is 0. The second-order valence-electron chi connectivity index (χ2n) is 8.49. The summed E-state index contributed by atoms with van der Waals surface area (Å²) in [6.45, 7) is 18.3. The molecule has 0 saturated carbocycles. The van der Waals surface area contributed by atoms with Crippen molar-refractivity contribution in [2.45, 2.75) is 145 Å². The summed E-state index contributed by atoms with van der Waals surface area (Å²) in [7, 11) is -4.23. The lowest BCUT2D eigenvalue weighted by atomic mass is 10.1. The molecule has 0 bridgehead atoms. The molecule has 0 heterocycles. The van der Waals surface area contributed by atoms with E-state index in [9.17, 15) is 8.42 Å². The van der Waals surface area contributed by atoms with Crippen LogP contribution in [0.15, 0.2) is 0 Å². The van der Waals surface area contributed by atoms with Crippen molar-refractivity contribution in [2.75, 3.05) is 19.8 Å². The van der Waals surface area contributed by atoms with Crippen molar-refractivity contribution in [3.63, 3.8) is 0 Å². The van der Waals surface area contributed by atoms with E-state index in [-0.39, 0.29) is 31.1 Å². The topological polar surface area (TPSA) is 169 Å². The van der Waals surface area contributed by atoms with Crippen LogP contribution in [0.4, 0.5) is 0 Å². The molecule has 0 aromatic heterocycles. The van der Waals surface area contributed by atoms with E-state index in [0.29, 0.717) is 6.42 Å². The van der Waals surface area contributed by atoms with E-state index in [4.69, 9.17) is 24.6 Å². The number of hydrogen-bond donors (Lipinski definition) is 5. The molecule has 0 atom stereocenters. The first-order valence-electron chi connectivity index (χ1n) is 12.9. The highest BCUT2D eigenvalue weighted by molar-refractivity contribution is 7.80. The van der Waals surface area contributed by atoms with E-state index >= 15 is 0 Å². The number of hydrogen-bond acceptors (Lipinski definition) is 8. The van der Waals surface area contributed by atoms with Crippen molar-refractivity contribution < 1.29 is 37.2 Å². The lowest BCUT2D eigenvalue weighted by Crippen LogP contribution is -2.04. The Balaban J connectivity index is -0.0000000952. The average molecular weight is 538 g/mol. The highest BCUT2D eigenvalue weighted by Crippen LogP contribution is 2.10. The molecule has 0 aromatic carbocycles. The van der Waals surface area contributed by atoms with Crippen molar-refractivity contribution in [2.24, 2.45) is 0 Å². The summed E-state index contributed by atoms with van der Waals surface area (Å²) in [6.07, 6.45) is 11.4. The maximum absolute atomic E-state index is 10.2. The number of ether oxygens (including phenoxy) is 1. The van der Waals surface area contributed by atoms with Crippen LogP contribution in [0.3, 0.4) is 0 Å². The quantitative estimate of drug-likeness (QED) is 0.130. The van der Waals surface area contributed by atoms with Gasteiger partial charge in [0.25, 0.3) is 0 Å². The zero-order valence-corrected chi connectivity index (χ0v) is 25.3. The van der Waals surface area contributed by atoms with Gasteiger partial charge in [0.1, 0.15) is 0 Å². The minimum atomic E-state index is -4.23. The summed E-state index contributed by atoms with van der Waals surface area (Å²) >= 11 is 0. The summed E-state index contributed by atoms with van der Waals surface area (Å²) in [5, 5.41) is 24.2. The van der Waals surface area contributed by atoms with Crippen molar-refractivity contribution in [1.29, 1.82) is 0 Å². The van der Waals surface area contributed by atoms with Gasteiger partial charge in [-0.3, -0.25) is 4.55 Å². The third-order valence-corrected chi connectivity index (χ3v) is 3.60. The van der Waals surface area contributed by atoms with Crippen LogP contribution in [0.25, 0.3) is 0 Å². The van der Waals surface area contributed by atoms with Crippen molar-refractivity contribution >= 4 is 10.4 Å². The molecular weight excluding hydrogens is 474 g/mol. The van der Waals surface area contributed by atoms with Gasteiger partial charge < -0.3 is 26.2 Å². The van der Waals surface area contributed by atoms with Crippen LogP contribution in [0.2, 0.25) is 0 Å². The van der Waals surface area contributed by atoms with Crippen LogP contribution in [-0.4, -0.2) is 66.4 Å². The van der Waals surface area contributed by atoms with Crippen LogP contribution < -0.4 is 6.15 Å². The fraction of sp³-hybridized carbons (Fsp3) is 1.00. The van der Waals surface area contributed by atoms with Gasteiger partial charge in [-0.25, -0.2) is 4.18 Å². The Morgan fingerprint density at radius 2 is 0.857 bits per heavy atom. The molecule has 0 fully saturated rings. The number of aliphatic hydroxyl groups excluding tert-OH is 3. The van der Waals surface area contributed by atoms with Gasteiger partial charge in [0.05, 0.1) is 6.61 Å². The third-order valence-electron chi connectivity index (χ3n) is 3.14. The van der Waals surface area contributed by atoms with Crippen LogP contribution in [-0.2, 0) is 19.3 Å². The zero-order chi connectivity index (χ0) is 27.8. The largest absolute Gasteiger partial charge is 0.397 e. The second kappa shape index (κ2) is 40.8. The standard InChI is InChI=1S/C12H26O4S.C4H10O.3C3H8O.H3N/c1-2-3-4-5-6-7-8-9-10-11-12-16-17(13,14)15;1-3-5-4-2;3*1-3(2)4;/h2-12H2,1H3,(H,13,14,15);3-4H2,1-2H3;3*3-4H,1-2H3;1H3. The highest BCUT2D eigenvalue weighted by Gasteiger charge is 2.02.